The van der Waals surface area contributed by atoms with Gasteiger partial charge in [0.05, 0.1) is 12.8 Å². The van der Waals surface area contributed by atoms with Gasteiger partial charge in [0.1, 0.15) is 6.26 Å². The van der Waals surface area contributed by atoms with Gasteiger partial charge in [-0.15, -0.1) is 0 Å². The molecule has 0 atom stereocenters. The van der Waals surface area contributed by atoms with E-state index in [4.69, 9.17) is 9.15 Å². The molecule has 0 aliphatic carbocycles. The van der Waals surface area contributed by atoms with Gasteiger partial charge in [0.25, 0.3) is 0 Å². The molecule has 3 rings (SSSR count). The molecule has 0 radical (unpaired) electrons. The predicted molar refractivity (Wildman–Crippen MR) is 89.9 cm³/mol. The van der Waals surface area contributed by atoms with Crippen LogP contribution in [0.4, 0.5) is 4.39 Å². The topological polar surface area (TPSA) is 35.3 Å². The molecule has 0 N–H and O–H groups in total. The van der Waals surface area contributed by atoms with Crippen LogP contribution >= 0.6 is 11.8 Å². The molecule has 3 nitrogen and oxygen atoms in total. The number of nitrogens with zero attached hydrogens (tertiary/aromatic N) is 1. The zero-order chi connectivity index (χ0) is 16.1. The number of methoxy groups -OCH3 is 1. The summed E-state index contributed by atoms with van der Waals surface area (Å²) in [6.45, 7) is 0. The number of hydrogen-bond donors (Lipinski definition) is 0. The van der Waals surface area contributed by atoms with Crippen LogP contribution < -0.4 is 4.74 Å². The highest BCUT2D eigenvalue weighted by molar-refractivity contribution is 7.97. The molecule has 0 fully saturated rings. The molecule has 2 aromatic carbocycles. The quantitative estimate of drug-likeness (QED) is 0.643. The Hall–Kier alpha value is -2.27. The fourth-order valence-corrected chi connectivity index (χ4v) is 3.02. The molecule has 23 heavy (non-hydrogen) atoms. The van der Waals surface area contributed by atoms with Crippen molar-refractivity contribution in [2.24, 2.45) is 0 Å². The Kier molecular flexibility index (Phi) is 4.98. The minimum atomic E-state index is -0.335. The van der Waals surface area contributed by atoms with Crippen molar-refractivity contribution < 1.29 is 13.5 Å². The molecule has 0 amide bonds. The summed E-state index contributed by atoms with van der Waals surface area (Å²) in [4.78, 5) is 4.48. The number of halogens is 1. The molecule has 118 valence electrons. The Morgan fingerprint density at radius 3 is 2.70 bits per heavy atom. The van der Waals surface area contributed by atoms with Crippen molar-refractivity contribution in [3.05, 3.63) is 71.9 Å². The van der Waals surface area contributed by atoms with Gasteiger partial charge in [0, 0.05) is 17.1 Å². The molecule has 5 heteroatoms. The largest absolute Gasteiger partial charge is 0.494 e. The zero-order valence-corrected chi connectivity index (χ0v) is 13.5. The average molecular weight is 329 g/mol. The van der Waals surface area contributed by atoms with E-state index in [1.807, 2.05) is 36.4 Å². The van der Waals surface area contributed by atoms with Gasteiger partial charge in [-0.2, -0.15) is 11.8 Å². The molecule has 0 aliphatic heterocycles. The summed E-state index contributed by atoms with van der Waals surface area (Å²) in [6.07, 6.45) is 1.67. The summed E-state index contributed by atoms with van der Waals surface area (Å²) in [7, 11) is 1.46. The fourth-order valence-electron chi connectivity index (χ4n) is 2.16. The molecule has 0 saturated heterocycles. The maximum absolute atomic E-state index is 13.6. The van der Waals surface area contributed by atoms with E-state index in [1.54, 1.807) is 24.1 Å². The monoisotopic (exact) mass is 329 g/mol. The van der Waals surface area contributed by atoms with E-state index in [-0.39, 0.29) is 11.6 Å². The minimum Gasteiger partial charge on any atom is -0.494 e. The first-order valence-electron chi connectivity index (χ1n) is 7.16. The molecular formula is C18H16FNO2S. The van der Waals surface area contributed by atoms with Gasteiger partial charge in [-0.3, -0.25) is 0 Å². The van der Waals surface area contributed by atoms with E-state index in [2.05, 4.69) is 4.98 Å². The Labute approximate surface area is 138 Å². The van der Waals surface area contributed by atoms with Gasteiger partial charge < -0.3 is 9.15 Å². The lowest BCUT2D eigenvalue weighted by atomic mass is 10.2. The van der Waals surface area contributed by atoms with Crippen LogP contribution in [-0.2, 0) is 11.5 Å². The van der Waals surface area contributed by atoms with Gasteiger partial charge in [-0.05, 0) is 29.8 Å². The highest BCUT2D eigenvalue weighted by atomic mass is 32.2. The second-order valence-electron chi connectivity index (χ2n) is 4.97. The number of rotatable bonds is 6. The van der Waals surface area contributed by atoms with E-state index in [0.29, 0.717) is 17.4 Å². The first-order chi connectivity index (χ1) is 11.3. The second kappa shape index (κ2) is 7.33. The predicted octanol–water partition coefficient (Wildman–Crippen LogP) is 4.92. The van der Waals surface area contributed by atoms with Crippen LogP contribution in [0.5, 0.6) is 5.75 Å². The molecule has 0 bridgehead atoms. The van der Waals surface area contributed by atoms with Crippen LogP contribution in [0.3, 0.4) is 0 Å². The maximum Gasteiger partial charge on any atom is 0.226 e. The van der Waals surface area contributed by atoms with E-state index < -0.39 is 0 Å². The van der Waals surface area contributed by atoms with Crippen LogP contribution in [0.15, 0.2) is 59.2 Å². The van der Waals surface area contributed by atoms with Crippen molar-refractivity contribution in [3.63, 3.8) is 0 Å². The number of benzene rings is 2. The molecule has 1 heterocycles. The summed E-state index contributed by atoms with van der Waals surface area (Å²) in [5, 5.41) is 0. The van der Waals surface area contributed by atoms with E-state index in [0.717, 1.165) is 16.8 Å². The number of ether oxygens (including phenoxy) is 1. The molecule has 0 saturated carbocycles. The minimum absolute atomic E-state index is 0.266. The third-order valence-electron chi connectivity index (χ3n) is 3.31. The van der Waals surface area contributed by atoms with Crippen LogP contribution in [-0.4, -0.2) is 12.1 Å². The smallest absolute Gasteiger partial charge is 0.226 e. The third kappa shape index (κ3) is 3.93. The first kappa shape index (κ1) is 15.6. The Morgan fingerprint density at radius 1 is 1.13 bits per heavy atom. The first-order valence-corrected chi connectivity index (χ1v) is 8.31. The molecule has 0 spiro atoms. The van der Waals surface area contributed by atoms with Crippen LogP contribution in [0.1, 0.15) is 11.3 Å². The number of aromatic nitrogens is 1. The van der Waals surface area contributed by atoms with Gasteiger partial charge >= 0.3 is 0 Å². The number of hydrogen-bond acceptors (Lipinski definition) is 4. The third-order valence-corrected chi connectivity index (χ3v) is 4.34. The van der Waals surface area contributed by atoms with Crippen LogP contribution in [0.25, 0.3) is 11.5 Å². The lowest BCUT2D eigenvalue weighted by Crippen LogP contribution is -1.90. The van der Waals surface area contributed by atoms with Crippen molar-refractivity contribution in [3.8, 4) is 17.2 Å². The summed E-state index contributed by atoms with van der Waals surface area (Å²) in [6, 6.07) is 14.8. The van der Waals surface area contributed by atoms with Gasteiger partial charge in [-0.1, -0.05) is 24.3 Å². The Balaban J connectivity index is 1.57. The van der Waals surface area contributed by atoms with Crippen molar-refractivity contribution in [2.45, 2.75) is 11.5 Å². The van der Waals surface area contributed by atoms with Crippen molar-refractivity contribution >= 4 is 11.8 Å². The Bertz CT molecular complexity index is 774. The lowest BCUT2D eigenvalue weighted by Gasteiger charge is -2.04. The van der Waals surface area contributed by atoms with Crippen LogP contribution in [0, 0.1) is 5.82 Å². The van der Waals surface area contributed by atoms with Crippen LogP contribution in [0.2, 0.25) is 0 Å². The highest BCUT2D eigenvalue weighted by Gasteiger charge is 2.07. The maximum atomic E-state index is 13.6. The standard InChI is InChI=1S/C18H16FNO2S/c1-21-17-8-7-13(9-16(17)19)11-23-12-15-10-22-18(20-15)14-5-3-2-4-6-14/h2-10H,11-12H2,1H3. The van der Waals surface area contributed by atoms with E-state index in [1.165, 1.54) is 13.2 Å². The molecular weight excluding hydrogens is 313 g/mol. The fraction of sp³-hybridized carbons (Fsp3) is 0.167. The van der Waals surface area contributed by atoms with Crippen molar-refractivity contribution in [2.75, 3.05) is 7.11 Å². The van der Waals surface area contributed by atoms with Crippen molar-refractivity contribution in [1.82, 2.24) is 4.98 Å². The Morgan fingerprint density at radius 2 is 1.96 bits per heavy atom. The zero-order valence-electron chi connectivity index (χ0n) is 12.7. The summed E-state index contributed by atoms with van der Waals surface area (Å²) in [5.74, 6) is 1.97. The SMILES string of the molecule is COc1ccc(CSCc2coc(-c3ccccc3)n2)cc1F. The molecule has 1 aromatic heterocycles. The highest BCUT2D eigenvalue weighted by Crippen LogP contribution is 2.24. The lowest BCUT2D eigenvalue weighted by molar-refractivity contribution is 0.386. The summed E-state index contributed by atoms with van der Waals surface area (Å²) >= 11 is 1.66. The number of oxazole rings is 1. The van der Waals surface area contributed by atoms with Gasteiger partial charge in [0.15, 0.2) is 11.6 Å². The van der Waals surface area contributed by atoms with Crippen molar-refractivity contribution in [1.29, 1.82) is 0 Å². The summed E-state index contributed by atoms with van der Waals surface area (Å²) in [5.41, 5.74) is 2.75. The van der Waals surface area contributed by atoms with Gasteiger partial charge in [0.2, 0.25) is 5.89 Å². The number of thioether (sulfide) groups is 1. The van der Waals surface area contributed by atoms with Gasteiger partial charge in [-0.25, -0.2) is 9.37 Å². The van der Waals surface area contributed by atoms with E-state index >= 15 is 0 Å². The molecule has 3 aromatic rings. The molecule has 0 aliphatic rings. The normalized spacial score (nSPS) is 10.7. The molecule has 0 unspecified atom stereocenters. The average Bonchev–Trinajstić information content (AvgIpc) is 3.05. The summed E-state index contributed by atoms with van der Waals surface area (Å²) < 4.78 is 24.0. The second-order valence-corrected chi connectivity index (χ2v) is 5.96. The van der Waals surface area contributed by atoms with E-state index in [9.17, 15) is 4.39 Å².